The summed E-state index contributed by atoms with van der Waals surface area (Å²) in [7, 11) is 0. The number of pyridine rings is 1. The van der Waals surface area contributed by atoms with Gasteiger partial charge in [0.2, 0.25) is 0 Å². The van der Waals surface area contributed by atoms with Gasteiger partial charge >= 0.3 is 5.97 Å². The molecule has 8 heteroatoms. The third kappa shape index (κ3) is 4.24. The number of aliphatic carboxylic acids is 1. The third-order valence-corrected chi connectivity index (χ3v) is 5.19. The topological polar surface area (TPSA) is 117 Å². The maximum absolute atomic E-state index is 11.8. The van der Waals surface area contributed by atoms with E-state index in [9.17, 15) is 9.90 Å². The van der Waals surface area contributed by atoms with Crippen LogP contribution in [0.1, 0.15) is 55.6 Å². The van der Waals surface area contributed by atoms with Crippen molar-refractivity contribution in [2.45, 2.75) is 44.9 Å². The molecule has 0 saturated carbocycles. The Bertz CT molecular complexity index is 695. The fraction of sp³-hybridized carbons (Fsp3) is 0.611. The summed E-state index contributed by atoms with van der Waals surface area (Å²) in [6.07, 6.45) is 4.59. The molecule has 0 spiro atoms. The number of hydrogen-bond donors (Lipinski definition) is 3. The van der Waals surface area contributed by atoms with E-state index in [4.69, 9.17) is 0 Å². The van der Waals surface area contributed by atoms with Crippen molar-refractivity contribution < 1.29 is 9.90 Å². The van der Waals surface area contributed by atoms with Crippen molar-refractivity contribution in [2.24, 2.45) is 11.8 Å². The highest BCUT2D eigenvalue weighted by atomic mass is 16.4. The lowest BCUT2D eigenvalue weighted by molar-refractivity contribution is -0.144. The minimum absolute atomic E-state index is 0.0435. The Kier molecular flexibility index (Phi) is 5.92. The molecule has 2 unspecified atom stereocenters. The molecule has 3 N–H and O–H groups in total. The van der Waals surface area contributed by atoms with Crippen LogP contribution in [0.25, 0.3) is 0 Å². The van der Waals surface area contributed by atoms with Crippen LogP contribution in [0.4, 0.5) is 0 Å². The minimum Gasteiger partial charge on any atom is -0.481 e. The molecule has 0 amide bonds. The second-order valence-corrected chi connectivity index (χ2v) is 7.30. The van der Waals surface area contributed by atoms with Gasteiger partial charge in [-0.15, -0.1) is 10.2 Å². The van der Waals surface area contributed by atoms with Crippen LogP contribution in [0, 0.1) is 11.8 Å². The van der Waals surface area contributed by atoms with Crippen molar-refractivity contribution in [1.82, 2.24) is 30.9 Å². The molecule has 0 bridgehead atoms. The number of nitrogens with zero attached hydrogens (tertiary/aromatic N) is 4. The van der Waals surface area contributed by atoms with Gasteiger partial charge in [-0.1, -0.05) is 25.1 Å². The van der Waals surface area contributed by atoms with Crippen LogP contribution < -0.4 is 5.32 Å². The van der Waals surface area contributed by atoms with Crippen molar-refractivity contribution in [3.63, 3.8) is 0 Å². The van der Waals surface area contributed by atoms with E-state index >= 15 is 0 Å². The monoisotopic (exact) mass is 358 g/mol. The highest BCUT2D eigenvalue weighted by molar-refractivity contribution is 5.71. The standard InChI is InChI=1S/C18H26N6O2/c1-11(2)16(18(25)26)14(17-21-23-24-22-17)9-12-3-4-15(20-10-12)13-5-7-19-8-6-13/h3-4,10-11,13-14,16,19H,5-9H2,1-2H3,(H,25,26)(H,21,22,23,24). The lowest BCUT2D eigenvalue weighted by atomic mass is 9.79. The summed E-state index contributed by atoms with van der Waals surface area (Å²) in [6, 6.07) is 4.13. The molecular weight excluding hydrogens is 332 g/mol. The van der Waals surface area contributed by atoms with E-state index in [-0.39, 0.29) is 11.8 Å². The zero-order valence-electron chi connectivity index (χ0n) is 15.2. The average Bonchev–Trinajstić information content (AvgIpc) is 3.16. The Labute approximate surface area is 152 Å². The number of aromatic amines is 1. The van der Waals surface area contributed by atoms with Crippen molar-refractivity contribution in [3.8, 4) is 0 Å². The Balaban J connectivity index is 1.79. The van der Waals surface area contributed by atoms with Crippen molar-refractivity contribution in [2.75, 3.05) is 13.1 Å². The number of rotatable bonds is 7. The second-order valence-electron chi connectivity index (χ2n) is 7.30. The molecule has 140 valence electrons. The summed E-state index contributed by atoms with van der Waals surface area (Å²) in [4.78, 5) is 16.5. The molecule has 1 saturated heterocycles. The van der Waals surface area contributed by atoms with Gasteiger partial charge in [-0.25, -0.2) is 0 Å². The number of nitrogens with one attached hydrogen (secondary N) is 2. The first kappa shape index (κ1) is 18.4. The first-order valence-corrected chi connectivity index (χ1v) is 9.18. The van der Waals surface area contributed by atoms with E-state index in [1.54, 1.807) is 0 Å². The van der Waals surface area contributed by atoms with Gasteiger partial charge in [-0.3, -0.25) is 9.78 Å². The quantitative estimate of drug-likeness (QED) is 0.690. The molecule has 0 aliphatic carbocycles. The molecule has 3 rings (SSSR count). The van der Waals surface area contributed by atoms with Crippen molar-refractivity contribution in [3.05, 3.63) is 35.4 Å². The van der Waals surface area contributed by atoms with E-state index in [0.29, 0.717) is 18.2 Å². The number of carboxylic acids is 1. The van der Waals surface area contributed by atoms with E-state index < -0.39 is 11.9 Å². The maximum atomic E-state index is 11.8. The lowest BCUT2D eigenvalue weighted by Crippen LogP contribution is -2.29. The van der Waals surface area contributed by atoms with Gasteiger partial charge < -0.3 is 10.4 Å². The summed E-state index contributed by atoms with van der Waals surface area (Å²) in [5, 5.41) is 27.2. The van der Waals surface area contributed by atoms with Crippen LogP contribution in [0.5, 0.6) is 0 Å². The van der Waals surface area contributed by atoms with Gasteiger partial charge in [0.15, 0.2) is 5.82 Å². The molecule has 1 aliphatic heterocycles. The molecular formula is C18H26N6O2. The van der Waals surface area contributed by atoms with E-state index in [2.05, 4.69) is 43.1 Å². The molecule has 2 aromatic rings. The summed E-state index contributed by atoms with van der Waals surface area (Å²) >= 11 is 0. The van der Waals surface area contributed by atoms with Gasteiger partial charge in [0, 0.05) is 23.7 Å². The number of H-pyrrole nitrogens is 1. The fourth-order valence-corrected chi connectivity index (χ4v) is 3.80. The molecule has 3 heterocycles. The Morgan fingerprint density at radius 1 is 1.31 bits per heavy atom. The smallest absolute Gasteiger partial charge is 0.307 e. The highest BCUT2D eigenvalue weighted by Gasteiger charge is 2.35. The van der Waals surface area contributed by atoms with E-state index in [1.165, 1.54) is 0 Å². The fourth-order valence-electron chi connectivity index (χ4n) is 3.80. The molecule has 0 radical (unpaired) electrons. The molecule has 26 heavy (non-hydrogen) atoms. The van der Waals surface area contributed by atoms with Crippen molar-refractivity contribution >= 4 is 5.97 Å². The zero-order chi connectivity index (χ0) is 18.5. The van der Waals surface area contributed by atoms with Gasteiger partial charge in [0.05, 0.1) is 5.92 Å². The molecule has 1 aliphatic rings. The number of carbonyl (C=O) groups is 1. The van der Waals surface area contributed by atoms with Crippen molar-refractivity contribution in [1.29, 1.82) is 0 Å². The number of tetrazole rings is 1. The van der Waals surface area contributed by atoms with Gasteiger partial charge in [-0.2, -0.15) is 5.21 Å². The molecule has 1 fully saturated rings. The van der Waals surface area contributed by atoms with Crippen LogP contribution in [0.3, 0.4) is 0 Å². The Morgan fingerprint density at radius 2 is 2.08 bits per heavy atom. The summed E-state index contributed by atoms with van der Waals surface area (Å²) in [5.74, 6) is -0.879. The molecule has 2 atom stereocenters. The number of hydrogen-bond acceptors (Lipinski definition) is 6. The molecule has 2 aromatic heterocycles. The van der Waals surface area contributed by atoms with Crippen LogP contribution in [-0.4, -0.2) is 49.8 Å². The Hall–Kier alpha value is -2.35. The largest absolute Gasteiger partial charge is 0.481 e. The molecule has 8 nitrogen and oxygen atoms in total. The van der Waals surface area contributed by atoms with Gasteiger partial charge in [0.1, 0.15) is 0 Å². The third-order valence-electron chi connectivity index (χ3n) is 5.19. The Morgan fingerprint density at radius 3 is 2.62 bits per heavy atom. The molecule has 0 aromatic carbocycles. The zero-order valence-corrected chi connectivity index (χ0v) is 15.2. The summed E-state index contributed by atoms with van der Waals surface area (Å²) < 4.78 is 0. The van der Waals surface area contributed by atoms with Gasteiger partial charge in [-0.05, 0) is 49.9 Å². The SMILES string of the molecule is CC(C)C(C(=O)O)C(Cc1ccc(C2CCNCC2)nc1)c1nn[nH]n1. The highest BCUT2D eigenvalue weighted by Crippen LogP contribution is 2.32. The summed E-state index contributed by atoms with van der Waals surface area (Å²) in [6.45, 7) is 5.88. The first-order chi connectivity index (χ1) is 12.6. The normalized spacial score (nSPS) is 18.0. The number of aromatic nitrogens is 5. The van der Waals surface area contributed by atoms with Crippen LogP contribution in [-0.2, 0) is 11.2 Å². The van der Waals surface area contributed by atoms with E-state index in [1.807, 2.05) is 20.0 Å². The van der Waals surface area contributed by atoms with Crippen LogP contribution in [0.15, 0.2) is 18.3 Å². The lowest BCUT2D eigenvalue weighted by Gasteiger charge is -2.25. The minimum atomic E-state index is -0.839. The van der Waals surface area contributed by atoms with E-state index in [0.717, 1.165) is 37.2 Å². The predicted molar refractivity (Wildman–Crippen MR) is 95.7 cm³/mol. The predicted octanol–water partition coefficient (Wildman–Crippen LogP) is 1.74. The maximum Gasteiger partial charge on any atom is 0.307 e. The number of carboxylic acid groups (broad SMARTS) is 1. The van der Waals surface area contributed by atoms with Crippen LogP contribution >= 0.6 is 0 Å². The second kappa shape index (κ2) is 8.35. The van der Waals surface area contributed by atoms with Crippen LogP contribution in [0.2, 0.25) is 0 Å². The summed E-state index contributed by atoms with van der Waals surface area (Å²) in [5.41, 5.74) is 2.11. The first-order valence-electron chi connectivity index (χ1n) is 9.18. The number of piperidine rings is 1. The average molecular weight is 358 g/mol. The van der Waals surface area contributed by atoms with Gasteiger partial charge in [0.25, 0.3) is 0 Å².